The van der Waals surface area contributed by atoms with E-state index in [0.717, 1.165) is 29.7 Å². The van der Waals surface area contributed by atoms with Gasteiger partial charge in [-0.3, -0.25) is 4.79 Å². The van der Waals surface area contributed by atoms with Crippen LogP contribution < -0.4 is 5.32 Å². The molecule has 5 nitrogen and oxygen atoms in total. The number of carbonyl (C=O) groups excluding carboxylic acids is 1. The van der Waals surface area contributed by atoms with Gasteiger partial charge in [-0.2, -0.15) is 0 Å². The highest BCUT2D eigenvalue weighted by Gasteiger charge is 2.10. The lowest BCUT2D eigenvalue weighted by atomic mass is 10.3. The van der Waals surface area contributed by atoms with Crippen molar-refractivity contribution < 1.29 is 9.21 Å². The molecule has 116 valence electrons. The first-order chi connectivity index (χ1) is 11.3. The van der Waals surface area contributed by atoms with Crippen LogP contribution in [0.3, 0.4) is 0 Å². The van der Waals surface area contributed by atoms with Gasteiger partial charge in [-0.15, -0.1) is 6.42 Å². The fraction of sp³-hybridized carbons (Fsp3) is 0.222. The first-order valence-electron chi connectivity index (χ1n) is 7.49. The second-order valence-corrected chi connectivity index (χ2v) is 5.14. The average Bonchev–Trinajstić information content (AvgIpc) is 3.20. The summed E-state index contributed by atoms with van der Waals surface area (Å²) < 4.78 is 7.10. The van der Waals surface area contributed by atoms with Gasteiger partial charge in [0.25, 0.3) is 5.91 Å². The van der Waals surface area contributed by atoms with Crippen LogP contribution in [0.1, 0.15) is 22.8 Å². The number of hydrogen-bond acceptors (Lipinski definition) is 3. The van der Waals surface area contributed by atoms with Gasteiger partial charge in [-0.05, 0) is 30.7 Å². The molecule has 1 aromatic carbocycles. The molecule has 1 N–H and O–H groups in total. The quantitative estimate of drug-likeness (QED) is 0.562. The maximum atomic E-state index is 11.8. The second kappa shape index (κ2) is 6.84. The van der Waals surface area contributed by atoms with Crippen LogP contribution in [0, 0.1) is 12.3 Å². The van der Waals surface area contributed by atoms with E-state index in [1.807, 2.05) is 28.8 Å². The molecule has 0 spiro atoms. The summed E-state index contributed by atoms with van der Waals surface area (Å²) in [6.07, 6.45) is 8.47. The minimum Gasteiger partial charge on any atom is -0.459 e. The molecule has 0 unspecified atom stereocenters. The Morgan fingerprint density at radius 1 is 1.30 bits per heavy atom. The number of imidazole rings is 1. The monoisotopic (exact) mass is 307 g/mol. The number of nitrogens with one attached hydrogen (secondary N) is 1. The number of fused-ring (bicyclic) bond motifs is 1. The zero-order valence-electron chi connectivity index (χ0n) is 12.7. The summed E-state index contributed by atoms with van der Waals surface area (Å²) in [5.74, 6) is 3.73. The molecule has 0 saturated carbocycles. The Hall–Kier alpha value is -3.00. The number of benzene rings is 1. The lowest BCUT2D eigenvalue weighted by Gasteiger charge is -2.06. The van der Waals surface area contributed by atoms with Crippen LogP contribution in [0.2, 0.25) is 0 Å². The van der Waals surface area contributed by atoms with Crippen molar-refractivity contribution in [1.29, 1.82) is 0 Å². The van der Waals surface area contributed by atoms with Gasteiger partial charge in [0.1, 0.15) is 5.82 Å². The highest BCUT2D eigenvalue weighted by atomic mass is 16.3. The maximum absolute atomic E-state index is 11.8. The van der Waals surface area contributed by atoms with E-state index in [4.69, 9.17) is 10.8 Å². The topological polar surface area (TPSA) is 60.1 Å². The van der Waals surface area contributed by atoms with Crippen LogP contribution in [0.25, 0.3) is 11.0 Å². The SMILES string of the molecule is C#CCn1c(CCCNC(=O)c2ccco2)nc2ccccc21. The Morgan fingerprint density at radius 2 is 2.17 bits per heavy atom. The summed E-state index contributed by atoms with van der Waals surface area (Å²) in [5, 5.41) is 2.83. The number of hydrogen-bond donors (Lipinski definition) is 1. The molecule has 0 saturated heterocycles. The van der Waals surface area contributed by atoms with Gasteiger partial charge in [0.05, 0.1) is 23.8 Å². The third kappa shape index (κ3) is 3.27. The second-order valence-electron chi connectivity index (χ2n) is 5.14. The predicted octanol–water partition coefficient (Wildman–Crippen LogP) is 2.63. The van der Waals surface area contributed by atoms with Crippen LogP contribution in [0.15, 0.2) is 47.1 Å². The molecule has 3 rings (SSSR count). The van der Waals surface area contributed by atoms with Gasteiger partial charge in [0, 0.05) is 13.0 Å². The van der Waals surface area contributed by atoms with Crippen molar-refractivity contribution >= 4 is 16.9 Å². The van der Waals surface area contributed by atoms with Crippen molar-refractivity contribution in [3.8, 4) is 12.3 Å². The molecule has 23 heavy (non-hydrogen) atoms. The number of terminal acetylenes is 1. The summed E-state index contributed by atoms with van der Waals surface area (Å²) >= 11 is 0. The van der Waals surface area contributed by atoms with Crippen molar-refractivity contribution in [2.75, 3.05) is 6.54 Å². The molecule has 0 aliphatic heterocycles. The molecular weight excluding hydrogens is 290 g/mol. The minimum absolute atomic E-state index is 0.202. The van der Waals surface area contributed by atoms with Gasteiger partial charge < -0.3 is 14.3 Å². The Labute approximate surface area is 134 Å². The molecule has 2 heterocycles. The molecule has 0 atom stereocenters. The Kier molecular flexibility index (Phi) is 4.44. The van der Waals surface area contributed by atoms with Crippen molar-refractivity contribution in [3.63, 3.8) is 0 Å². The van der Waals surface area contributed by atoms with Crippen LogP contribution in [0.5, 0.6) is 0 Å². The first kappa shape index (κ1) is 14.9. The number of amides is 1. The van der Waals surface area contributed by atoms with Crippen molar-refractivity contribution in [2.45, 2.75) is 19.4 Å². The minimum atomic E-state index is -0.202. The summed E-state index contributed by atoms with van der Waals surface area (Å²) in [6, 6.07) is 11.3. The summed E-state index contributed by atoms with van der Waals surface area (Å²) in [4.78, 5) is 16.4. The number of aryl methyl sites for hydroxylation is 1. The molecule has 0 fully saturated rings. The van der Waals surface area contributed by atoms with Crippen LogP contribution in [-0.2, 0) is 13.0 Å². The zero-order valence-corrected chi connectivity index (χ0v) is 12.7. The molecule has 0 bridgehead atoms. The number of nitrogens with zero attached hydrogens (tertiary/aromatic N) is 2. The highest BCUT2D eigenvalue weighted by molar-refractivity contribution is 5.91. The Bertz CT molecular complexity index is 841. The fourth-order valence-electron chi connectivity index (χ4n) is 2.53. The van der Waals surface area contributed by atoms with Crippen LogP contribution >= 0.6 is 0 Å². The number of furan rings is 1. The summed E-state index contributed by atoms with van der Waals surface area (Å²) in [7, 11) is 0. The van der Waals surface area contributed by atoms with Crippen LogP contribution in [-0.4, -0.2) is 22.0 Å². The maximum Gasteiger partial charge on any atom is 0.286 e. The lowest BCUT2D eigenvalue weighted by Crippen LogP contribution is -2.24. The largest absolute Gasteiger partial charge is 0.459 e. The van der Waals surface area contributed by atoms with E-state index in [0.29, 0.717) is 18.8 Å². The van der Waals surface area contributed by atoms with Crippen molar-refractivity contribution in [2.24, 2.45) is 0 Å². The molecule has 2 aromatic heterocycles. The molecule has 5 heteroatoms. The van der Waals surface area contributed by atoms with E-state index in [2.05, 4.69) is 16.2 Å². The van der Waals surface area contributed by atoms with E-state index >= 15 is 0 Å². The zero-order chi connectivity index (χ0) is 16.1. The number of para-hydroxylation sites is 2. The Morgan fingerprint density at radius 3 is 2.96 bits per heavy atom. The van der Waals surface area contributed by atoms with Crippen molar-refractivity contribution in [1.82, 2.24) is 14.9 Å². The average molecular weight is 307 g/mol. The van der Waals surface area contributed by atoms with Gasteiger partial charge in [0.15, 0.2) is 5.76 Å². The molecule has 0 radical (unpaired) electrons. The smallest absolute Gasteiger partial charge is 0.286 e. The normalized spacial score (nSPS) is 10.6. The predicted molar refractivity (Wildman–Crippen MR) is 87.9 cm³/mol. The van der Waals surface area contributed by atoms with Gasteiger partial charge >= 0.3 is 0 Å². The third-order valence-corrected chi connectivity index (χ3v) is 3.59. The number of carbonyl (C=O) groups is 1. The highest BCUT2D eigenvalue weighted by Crippen LogP contribution is 2.16. The van der Waals surface area contributed by atoms with Gasteiger partial charge in [-0.1, -0.05) is 18.1 Å². The molecule has 1 amide bonds. The molecular formula is C18H17N3O2. The number of aromatic nitrogens is 2. The first-order valence-corrected chi connectivity index (χ1v) is 7.49. The lowest BCUT2D eigenvalue weighted by molar-refractivity contribution is 0.0925. The van der Waals surface area contributed by atoms with Gasteiger partial charge in [-0.25, -0.2) is 4.98 Å². The van der Waals surface area contributed by atoms with Crippen LogP contribution in [0.4, 0.5) is 0 Å². The van der Waals surface area contributed by atoms with Gasteiger partial charge in [0.2, 0.25) is 0 Å². The van der Waals surface area contributed by atoms with E-state index < -0.39 is 0 Å². The van der Waals surface area contributed by atoms with E-state index in [9.17, 15) is 4.79 Å². The van der Waals surface area contributed by atoms with Crippen molar-refractivity contribution in [3.05, 3.63) is 54.2 Å². The van der Waals surface area contributed by atoms with E-state index in [-0.39, 0.29) is 5.91 Å². The Balaban J connectivity index is 1.62. The van der Waals surface area contributed by atoms with E-state index in [1.165, 1.54) is 6.26 Å². The summed E-state index contributed by atoms with van der Waals surface area (Å²) in [6.45, 7) is 1.05. The molecule has 0 aliphatic rings. The standard InChI is InChI=1S/C18H17N3O2/c1-2-12-21-15-8-4-3-7-14(15)20-17(21)10-5-11-19-18(22)16-9-6-13-23-16/h1,3-4,6-9,13H,5,10-12H2,(H,19,22). The third-order valence-electron chi connectivity index (χ3n) is 3.59. The molecule has 0 aliphatic carbocycles. The number of rotatable bonds is 6. The van der Waals surface area contributed by atoms with E-state index in [1.54, 1.807) is 12.1 Å². The fourth-order valence-corrected chi connectivity index (χ4v) is 2.53. The summed E-state index contributed by atoms with van der Waals surface area (Å²) in [5.41, 5.74) is 1.98. The molecule has 3 aromatic rings.